The van der Waals surface area contributed by atoms with Gasteiger partial charge in [-0.2, -0.15) is 10.1 Å². The third kappa shape index (κ3) is 3.58. The molecule has 1 aliphatic heterocycles. The number of hydrazone groups is 1. The zero-order valence-electron chi connectivity index (χ0n) is 12.1. The lowest BCUT2D eigenvalue weighted by molar-refractivity contribution is 0.783. The van der Waals surface area contributed by atoms with Gasteiger partial charge in [-0.25, -0.2) is 5.10 Å². The Morgan fingerprint density at radius 1 is 1.09 bits per heavy atom. The van der Waals surface area contributed by atoms with Gasteiger partial charge in [0.2, 0.25) is 5.95 Å². The lowest BCUT2D eigenvalue weighted by Crippen LogP contribution is -2.23. The van der Waals surface area contributed by atoms with E-state index in [1.807, 2.05) is 13.0 Å². The largest absolute Gasteiger partial charge is 0.385 e. The summed E-state index contributed by atoms with van der Waals surface area (Å²) >= 11 is 0. The van der Waals surface area contributed by atoms with Gasteiger partial charge in [-0.15, -0.1) is 25.5 Å². The van der Waals surface area contributed by atoms with Crippen LogP contribution in [0, 0.1) is 5.92 Å². The van der Waals surface area contributed by atoms with Crippen LogP contribution in [0.15, 0.2) is 17.0 Å². The smallest absolute Gasteiger partial charge is 0.269 e. The summed E-state index contributed by atoms with van der Waals surface area (Å²) in [6.45, 7) is 1.98. The molecule has 0 spiro atoms. The Bertz CT molecular complexity index is 729. The van der Waals surface area contributed by atoms with Gasteiger partial charge in [0.25, 0.3) is 17.8 Å². The lowest BCUT2D eigenvalue weighted by atomic mass is 10.1. The first-order valence-electron chi connectivity index (χ1n) is 6.68. The maximum absolute atomic E-state index is 5.77. The average molecular weight is 317 g/mol. The molecule has 1 unspecified atom stereocenters. The van der Waals surface area contributed by atoms with E-state index < -0.39 is 0 Å². The van der Waals surface area contributed by atoms with Crippen molar-refractivity contribution in [2.75, 3.05) is 16.4 Å². The molecule has 8 N–H and O–H groups in total. The molecule has 0 amide bonds. The van der Waals surface area contributed by atoms with Crippen LogP contribution in [0.2, 0.25) is 0 Å². The van der Waals surface area contributed by atoms with E-state index in [4.69, 9.17) is 11.5 Å². The predicted octanol–water partition coefficient (Wildman–Crippen LogP) is -1.13. The van der Waals surface area contributed by atoms with E-state index in [9.17, 15) is 0 Å². The van der Waals surface area contributed by atoms with Crippen molar-refractivity contribution in [2.45, 2.75) is 13.3 Å². The van der Waals surface area contributed by atoms with Crippen LogP contribution in [0.5, 0.6) is 0 Å². The third-order valence-corrected chi connectivity index (χ3v) is 2.94. The Kier molecular flexibility index (Phi) is 3.82. The number of nitrogen functional groups attached to an aromatic ring is 1. The first-order valence-corrected chi connectivity index (χ1v) is 6.68. The maximum Gasteiger partial charge on any atom is 0.269 e. The summed E-state index contributed by atoms with van der Waals surface area (Å²) in [6, 6.07) is 0. The number of amidine groups is 1. The van der Waals surface area contributed by atoms with Crippen molar-refractivity contribution in [3.8, 4) is 0 Å². The molecule has 0 bridgehead atoms. The van der Waals surface area contributed by atoms with Crippen LogP contribution in [0.3, 0.4) is 0 Å². The molecule has 13 nitrogen and oxygen atoms in total. The highest BCUT2D eigenvalue weighted by Gasteiger charge is 2.12. The molecule has 120 valence electrons. The van der Waals surface area contributed by atoms with Crippen molar-refractivity contribution in [1.29, 1.82) is 0 Å². The van der Waals surface area contributed by atoms with E-state index in [0.29, 0.717) is 11.7 Å². The van der Waals surface area contributed by atoms with Gasteiger partial charge in [-0.3, -0.25) is 10.7 Å². The van der Waals surface area contributed by atoms with Crippen LogP contribution in [0.4, 0.5) is 23.8 Å². The van der Waals surface area contributed by atoms with E-state index >= 15 is 0 Å². The summed E-state index contributed by atoms with van der Waals surface area (Å²) < 4.78 is 0. The monoisotopic (exact) mass is 317 g/mol. The van der Waals surface area contributed by atoms with Crippen LogP contribution < -0.4 is 27.5 Å². The van der Waals surface area contributed by atoms with Crippen LogP contribution in [-0.4, -0.2) is 41.4 Å². The number of nitrogens with one attached hydrogen (secondary N) is 4. The van der Waals surface area contributed by atoms with Crippen LogP contribution in [0.1, 0.15) is 13.3 Å². The van der Waals surface area contributed by atoms with Gasteiger partial charge in [0, 0.05) is 5.92 Å². The highest BCUT2D eigenvalue weighted by molar-refractivity contribution is 5.82. The molecule has 0 radical (unpaired) electrons. The van der Waals surface area contributed by atoms with E-state index in [1.54, 1.807) is 0 Å². The zero-order chi connectivity index (χ0) is 16.2. The van der Waals surface area contributed by atoms with Gasteiger partial charge in [0.15, 0.2) is 0 Å². The Morgan fingerprint density at radius 3 is 2.43 bits per heavy atom. The molecule has 1 aliphatic rings. The van der Waals surface area contributed by atoms with Gasteiger partial charge in [-0.1, -0.05) is 6.92 Å². The molecule has 0 aromatic carbocycles. The molecule has 23 heavy (non-hydrogen) atoms. The Hall–Kier alpha value is -3.51. The summed E-state index contributed by atoms with van der Waals surface area (Å²) in [4.78, 5) is 3.85. The van der Waals surface area contributed by atoms with Gasteiger partial charge in [0.1, 0.15) is 11.7 Å². The highest BCUT2D eigenvalue weighted by Crippen LogP contribution is 2.10. The van der Waals surface area contributed by atoms with Crippen molar-refractivity contribution >= 4 is 29.6 Å². The quantitative estimate of drug-likeness (QED) is 0.399. The summed E-state index contributed by atoms with van der Waals surface area (Å²) in [5.74, 6) is 2.01. The Balaban J connectivity index is 1.63. The number of hydrogen-bond donors (Lipinski definition) is 6. The van der Waals surface area contributed by atoms with Gasteiger partial charge in [-0.05, 0) is 12.5 Å². The van der Waals surface area contributed by atoms with Crippen molar-refractivity contribution in [3.63, 3.8) is 0 Å². The molecule has 3 heterocycles. The average Bonchev–Trinajstić information content (AvgIpc) is 2.88. The second-order valence-electron chi connectivity index (χ2n) is 4.74. The molecule has 2 aromatic heterocycles. The zero-order valence-corrected chi connectivity index (χ0v) is 12.1. The lowest BCUT2D eigenvalue weighted by Gasteiger charge is -2.06. The summed E-state index contributed by atoms with van der Waals surface area (Å²) in [5, 5.41) is 31.4. The Morgan fingerprint density at radius 2 is 1.78 bits per heavy atom. The number of aromatic amines is 1. The van der Waals surface area contributed by atoms with E-state index in [2.05, 4.69) is 56.7 Å². The molecule has 0 saturated carbocycles. The van der Waals surface area contributed by atoms with Gasteiger partial charge in [0.05, 0.1) is 0 Å². The molecule has 0 saturated heterocycles. The fourth-order valence-electron chi connectivity index (χ4n) is 1.66. The van der Waals surface area contributed by atoms with Crippen molar-refractivity contribution in [2.24, 2.45) is 16.8 Å². The molecular weight excluding hydrogens is 302 g/mol. The van der Waals surface area contributed by atoms with Crippen LogP contribution in [0.25, 0.3) is 0 Å². The van der Waals surface area contributed by atoms with Gasteiger partial charge >= 0.3 is 0 Å². The number of nitrogens with two attached hydrogens (primary N) is 2. The molecule has 0 aliphatic carbocycles. The van der Waals surface area contributed by atoms with Crippen molar-refractivity contribution in [1.82, 2.24) is 41.0 Å². The fraction of sp³-hybridized carbons (Fsp3) is 0.300. The fourth-order valence-corrected chi connectivity index (χ4v) is 1.66. The number of rotatable bonds is 4. The molecule has 0 fully saturated rings. The molecular formula is C10H15N13. The van der Waals surface area contributed by atoms with Crippen molar-refractivity contribution < 1.29 is 0 Å². The number of hydrogen-bond acceptors (Lipinski definition) is 12. The topological polar surface area (TPSA) is 194 Å². The predicted molar refractivity (Wildman–Crippen MR) is 81.9 cm³/mol. The van der Waals surface area contributed by atoms with E-state index in [-0.39, 0.29) is 29.7 Å². The minimum absolute atomic E-state index is 0.133. The molecule has 13 heteroatoms. The second kappa shape index (κ2) is 6.08. The summed E-state index contributed by atoms with van der Waals surface area (Å²) in [5.41, 5.74) is 14.0. The normalized spacial score (nSPS) is 17.5. The first-order chi connectivity index (χ1) is 11.1. The molecule has 3 rings (SSSR count). The standard InChI is InChI=1S/C10H15N13/c1-4-2-3-5(16-17-6(4)11)13-9-20-22-10(23-21-9)15-8-14-7(12)18-19-8/h3-4,16H,2H2,1H3,(H2,11,17)(H,13,20,21)(H4,12,14,15,18,19,22,23). The Labute approximate surface area is 130 Å². The summed E-state index contributed by atoms with van der Waals surface area (Å²) in [7, 11) is 0. The molecule has 2 aromatic rings. The minimum atomic E-state index is 0.133. The highest BCUT2D eigenvalue weighted by atomic mass is 15.4. The van der Waals surface area contributed by atoms with Crippen LogP contribution in [-0.2, 0) is 0 Å². The van der Waals surface area contributed by atoms with E-state index in [0.717, 1.165) is 6.42 Å². The van der Waals surface area contributed by atoms with Gasteiger partial charge < -0.3 is 16.8 Å². The minimum Gasteiger partial charge on any atom is -0.385 e. The number of anilines is 4. The molecule has 1 atom stereocenters. The van der Waals surface area contributed by atoms with Crippen LogP contribution >= 0.6 is 0 Å². The summed E-state index contributed by atoms with van der Waals surface area (Å²) in [6.07, 6.45) is 2.64. The number of H-pyrrole nitrogens is 1. The number of allylic oxidation sites excluding steroid dienone is 1. The second-order valence-corrected chi connectivity index (χ2v) is 4.74. The first kappa shape index (κ1) is 14.4. The van der Waals surface area contributed by atoms with Crippen molar-refractivity contribution in [3.05, 3.63) is 11.9 Å². The van der Waals surface area contributed by atoms with E-state index in [1.165, 1.54) is 0 Å². The number of nitrogens with zero attached hydrogens (tertiary/aromatic N) is 7. The SMILES string of the molecule is CC1CC=C(Nc2nnc(Nc3n[nH]c(N)n3)nn2)NN=C1N. The third-order valence-electron chi connectivity index (χ3n) is 2.94. The maximum atomic E-state index is 5.77. The number of aromatic nitrogens is 7.